The summed E-state index contributed by atoms with van der Waals surface area (Å²) < 4.78 is 35.7. The smallest absolute Gasteiger partial charge is 0.405 e. The van der Waals surface area contributed by atoms with Gasteiger partial charge in [-0.25, -0.2) is 0 Å². The number of amides is 1. The number of carbonyl (C=O) groups is 2. The Bertz CT molecular complexity index is 346. The molecule has 18 heavy (non-hydrogen) atoms. The molecule has 0 aromatic rings. The third-order valence-corrected chi connectivity index (χ3v) is 3.07. The van der Waals surface area contributed by atoms with E-state index in [9.17, 15) is 22.8 Å². The van der Waals surface area contributed by atoms with Crippen LogP contribution in [0.25, 0.3) is 0 Å². The highest BCUT2D eigenvalue weighted by atomic mass is 19.4. The van der Waals surface area contributed by atoms with Gasteiger partial charge in [0.15, 0.2) is 0 Å². The molecule has 0 saturated carbocycles. The van der Waals surface area contributed by atoms with Gasteiger partial charge in [-0.2, -0.15) is 13.2 Å². The molecule has 0 spiro atoms. The fourth-order valence-electron chi connectivity index (χ4n) is 1.94. The molecule has 8 heteroatoms. The van der Waals surface area contributed by atoms with Crippen LogP contribution in [-0.2, 0) is 9.59 Å². The molecular formula is C10H15F3N2O3. The van der Waals surface area contributed by atoms with E-state index in [0.717, 1.165) is 0 Å². The van der Waals surface area contributed by atoms with Gasteiger partial charge >= 0.3 is 12.1 Å². The lowest BCUT2D eigenvalue weighted by molar-refractivity contribution is -0.150. The number of aliphatic carboxylic acids is 1. The van der Waals surface area contributed by atoms with Crippen LogP contribution in [0.4, 0.5) is 13.2 Å². The normalized spacial score (nSPS) is 25.1. The highest BCUT2D eigenvalue weighted by molar-refractivity contribution is 5.82. The van der Waals surface area contributed by atoms with Crippen molar-refractivity contribution in [3.05, 3.63) is 0 Å². The molecule has 1 aliphatic rings. The molecule has 1 amide bonds. The zero-order chi connectivity index (χ0) is 14.0. The summed E-state index contributed by atoms with van der Waals surface area (Å²) in [5, 5.41) is 10.8. The summed E-state index contributed by atoms with van der Waals surface area (Å²) in [6, 6.07) is 0. The Morgan fingerprint density at radius 2 is 2.06 bits per heavy atom. The Morgan fingerprint density at radius 1 is 1.44 bits per heavy atom. The predicted molar refractivity (Wildman–Crippen MR) is 55.9 cm³/mol. The molecule has 2 N–H and O–H groups in total. The number of carbonyl (C=O) groups excluding carboxylic acids is 1. The molecule has 0 aliphatic carbocycles. The van der Waals surface area contributed by atoms with Crippen molar-refractivity contribution in [2.45, 2.75) is 31.5 Å². The first-order valence-corrected chi connectivity index (χ1v) is 5.47. The average Bonchev–Trinajstić information content (AvgIpc) is 2.58. The van der Waals surface area contributed by atoms with Crippen LogP contribution >= 0.6 is 0 Å². The number of alkyl halides is 3. The molecule has 0 aromatic carbocycles. The van der Waals surface area contributed by atoms with Crippen LogP contribution in [0.2, 0.25) is 0 Å². The molecule has 1 unspecified atom stereocenters. The maximum absolute atomic E-state index is 11.9. The zero-order valence-electron chi connectivity index (χ0n) is 9.88. The fourth-order valence-corrected chi connectivity index (χ4v) is 1.94. The number of halogens is 3. The third-order valence-electron chi connectivity index (χ3n) is 3.07. The van der Waals surface area contributed by atoms with E-state index >= 15 is 0 Å². The van der Waals surface area contributed by atoms with Crippen LogP contribution in [0.3, 0.4) is 0 Å². The zero-order valence-corrected chi connectivity index (χ0v) is 9.88. The monoisotopic (exact) mass is 268 g/mol. The minimum Gasteiger partial charge on any atom is -0.480 e. The van der Waals surface area contributed by atoms with E-state index < -0.39 is 30.1 Å². The van der Waals surface area contributed by atoms with Crippen LogP contribution in [0.5, 0.6) is 0 Å². The van der Waals surface area contributed by atoms with Crippen molar-refractivity contribution < 1.29 is 27.9 Å². The molecule has 0 radical (unpaired) electrons. The second-order valence-electron chi connectivity index (χ2n) is 4.50. The number of hydrogen-bond donors (Lipinski definition) is 2. The molecule has 1 saturated heterocycles. The first kappa shape index (κ1) is 14.7. The minimum atomic E-state index is -4.46. The highest BCUT2D eigenvalue weighted by Crippen LogP contribution is 2.28. The number of nitrogens with zero attached hydrogens (tertiary/aromatic N) is 1. The minimum absolute atomic E-state index is 0.334. The number of hydrogen-bond acceptors (Lipinski definition) is 3. The van der Waals surface area contributed by atoms with Crippen molar-refractivity contribution in [2.75, 3.05) is 19.6 Å². The van der Waals surface area contributed by atoms with Crippen LogP contribution < -0.4 is 5.32 Å². The summed E-state index contributed by atoms with van der Waals surface area (Å²) in [4.78, 5) is 23.8. The molecule has 1 atom stereocenters. The molecule has 1 heterocycles. The van der Waals surface area contributed by atoms with Gasteiger partial charge in [0.1, 0.15) is 12.1 Å². The summed E-state index contributed by atoms with van der Waals surface area (Å²) in [6.45, 7) is 0.129. The van der Waals surface area contributed by atoms with Gasteiger partial charge in [-0.3, -0.25) is 14.5 Å². The molecule has 1 fully saturated rings. The van der Waals surface area contributed by atoms with E-state index in [-0.39, 0.29) is 6.54 Å². The number of rotatable bonds is 4. The van der Waals surface area contributed by atoms with E-state index in [1.54, 1.807) is 5.32 Å². The Labute approximate surface area is 102 Å². The lowest BCUT2D eigenvalue weighted by Gasteiger charge is -2.30. The van der Waals surface area contributed by atoms with E-state index in [0.29, 0.717) is 19.4 Å². The lowest BCUT2D eigenvalue weighted by atomic mass is 9.99. The Hall–Kier alpha value is -1.31. The Morgan fingerprint density at radius 3 is 2.56 bits per heavy atom. The first-order valence-electron chi connectivity index (χ1n) is 5.47. The first-order chi connectivity index (χ1) is 8.15. The van der Waals surface area contributed by atoms with Crippen LogP contribution in [0.15, 0.2) is 0 Å². The number of carboxylic acid groups (broad SMARTS) is 1. The molecule has 104 valence electrons. The summed E-state index contributed by atoms with van der Waals surface area (Å²) in [5.74, 6) is -1.88. The Kier molecular flexibility index (Phi) is 4.20. The summed E-state index contributed by atoms with van der Waals surface area (Å²) in [6.07, 6.45) is -3.47. The van der Waals surface area contributed by atoms with Crippen LogP contribution in [-0.4, -0.2) is 53.2 Å². The van der Waals surface area contributed by atoms with Crippen molar-refractivity contribution in [2.24, 2.45) is 0 Å². The molecule has 0 bridgehead atoms. The SMILES string of the molecule is CC1(C(=O)O)CCCN1CC(=O)NCC(F)(F)F. The van der Waals surface area contributed by atoms with Crippen LogP contribution in [0.1, 0.15) is 19.8 Å². The van der Waals surface area contributed by atoms with Gasteiger partial charge in [-0.15, -0.1) is 0 Å². The van der Waals surface area contributed by atoms with Gasteiger partial charge in [0.2, 0.25) is 5.91 Å². The molecule has 0 aromatic heterocycles. The number of carboxylic acids is 1. The van der Waals surface area contributed by atoms with E-state index in [1.165, 1.54) is 11.8 Å². The maximum Gasteiger partial charge on any atom is 0.405 e. The lowest BCUT2D eigenvalue weighted by Crippen LogP contribution is -2.52. The second kappa shape index (κ2) is 5.13. The molecular weight excluding hydrogens is 253 g/mol. The van der Waals surface area contributed by atoms with Crippen molar-refractivity contribution in [3.8, 4) is 0 Å². The molecule has 1 rings (SSSR count). The summed E-state index contributed by atoms with van der Waals surface area (Å²) in [5.41, 5.74) is -1.17. The van der Waals surface area contributed by atoms with Crippen molar-refractivity contribution in [1.29, 1.82) is 0 Å². The van der Waals surface area contributed by atoms with Gasteiger partial charge in [0.25, 0.3) is 0 Å². The summed E-state index contributed by atoms with van der Waals surface area (Å²) >= 11 is 0. The maximum atomic E-state index is 11.9. The van der Waals surface area contributed by atoms with Crippen molar-refractivity contribution in [3.63, 3.8) is 0 Å². The van der Waals surface area contributed by atoms with Gasteiger partial charge in [-0.05, 0) is 26.3 Å². The number of nitrogens with one attached hydrogen (secondary N) is 1. The predicted octanol–water partition coefficient (Wildman–Crippen LogP) is 0.604. The molecule has 1 aliphatic heterocycles. The van der Waals surface area contributed by atoms with Gasteiger partial charge in [0, 0.05) is 0 Å². The standard InChI is InChI=1S/C10H15F3N2O3/c1-9(8(17)18)3-2-4-15(9)5-7(16)14-6-10(11,12)13/h2-6H2,1H3,(H,14,16)(H,17,18). The van der Waals surface area contributed by atoms with Gasteiger partial charge in [-0.1, -0.05) is 0 Å². The average molecular weight is 268 g/mol. The Balaban J connectivity index is 2.52. The van der Waals surface area contributed by atoms with Gasteiger partial charge in [0.05, 0.1) is 6.54 Å². The fraction of sp³-hybridized carbons (Fsp3) is 0.800. The second-order valence-corrected chi connectivity index (χ2v) is 4.50. The van der Waals surface area contributed by atoms with E-state index in [4.69, 9.17) is 5.11 Å². The topological polar surface area (TPSA) is 69.6 Å². The third kappa shape index (κ3) is 3.59. The highest BCUT2D eigenvalue weighted by Gasteiger charge is 2.44. The van der Waals surface area contributed by atoms with E-state index in [1.807, 2.05) is 0 Å². The largest absolute Gasteiger partial charge is 0.480 e. The quantitative estimate of drug-likeness (QED) is 0.783. The summed E-state index contributed by atoms with van der Waals surface area (Å²) in [7, 11) is 0. The van der Waals surface area contributed by atoms with E-state index in [2.05, 4.69) is 0 Å². The molecule has 5 nitrogen and oxygen atoms in total. The van der Waals surface area contributed by atoms with Gasteiger partial charge < -0.3 is 10.4 Å². The van der Waals surface area contributed by atoms with Crippen LogP contribution in [0, 0.1) is 0 Å². The van der Waals surface area contributed by atoms with Crippen molar-refractivity contribution in [1.82, 2.24) is 10.2 Å². The number of likely N-dealkylation sites (tertiary alicyclic amines) is 1. The van der Waals surface area contributed by atoms with Crippen molar-refractivity contribution >= 4 is 11.9 Å².